The molecule has 0 saturated heterocycles. The van der Waals surface area contributed by atoms with E-state index in [4.69, 9.17) is 23.7 Å². The molecule has 1 atom stereocenters. The molecule has 1 amide bonds. The van der Waals surface area contributed by atoms with Crippen LogP contribution in [0, 0.1) is 27.4 Å². The molecule has 226 valence electrons. The van der Waals surface area contributed by atoms with E-state index in [1.165, 1.54) is 55.5 Å². The number of amides is 1. The van der Waals surface area contributed by atoms with Crippen molar-refractivity contribution < 1.29 is 43.3 Å². The first-order chi connectivity index (χ1) is 20.5. The molecule has 0 radical (unpaired) electrons. The Hall–Kier alpha value is -5.65. The summed E-state index contributed by atoms with van der Waals surface area (Å²) in [4.78, 5) is 44.8. The van der Waals surface area contributed by atoms with Crippen molar-refractivity contribution in [1.29, 1.82) is 5.26 Å². The van der Waals surface area contributed by atoms with E-state index in [2.05, 4.69) is 9.97 Å². The Morgan fingerprint density at radius 3 is 2.33 bits per heavy atom. The van der Waals surface area contributed by atoms with Crippen LogP contribution in [0.1, 0.15) is 35.7 Å². The summed E-state index contributed by atoms with van der Waals surface area (Å²) in [5.74, 6) is -2.70. The summed E-state index contributed by atoms with van der Waals surface area (Å²) < 4.78 is 27.8. The number of carboxylic acids is 1. The van der Waals surface area contributed by atoms with Crippen LogP contribution < -0.4 is 23.7 Å². The van der Waals surface area contributed by atoms with Gasteiger partial charge in [0.2, 0.25) is 0 Å². The zero-order chi connectivity index (χ0) is 31.7. The smallest absolute Gasteiger partial charge is 0.392 e. The summed E-state index contributed by atoms with van der Waals surface area (Å²) in [7, 11) is 5.84. The zero-order valence-electron chi connectivity index (χ0n) is 24.0. The Morgan fingerprint density at radius 2 is 1.74 bits per heavy atom. The van der Waals surface area contributed by atoms with E-state index < -0.39 is 40.3 Å². The van der Waals surface area contributed by atoms with Crippen LogP contribution in [0.5, 0.6) is 40.8 Å². The van der Waals surface area contributed by atoms with Crippen LogP contribution in [0.15, 0.2) is 36.4 Å². The summed E-state index contributed by atoms with van der Waals surface area (Å²) in [6.45, 7) is 1.52. The van der Waals surface area contributed by atoms with E-state index in [1.54, 1.807) is 21.0 Å². The lowest BCUT2D eigenvalue weighted by Crippen LogP contribution is -2.21. The maximum absolute atomic E-state index is 12.6. The number of aromatic nitrogens is 2. The average molecular weight is 596 g/mol. The molecule has 0 aliphatic rings. The molecule has 0 fully saturated rings. The van der Waals surface area contributed by atoms with Gasteiger partial charge in [0.1, 0.15) is 11.5 Å². The normalized spacial score (nSPS) is 11.1. The predicted molar refractivity (Wildman–Crippen MR) is 149 cm³/mol. The number of hydrogen-bond acceptors (Lipinski definition) is 12. The summed E-state index contributed by atoms with van der Waals surface area (Å²) in [6, 6.07) is 10.0. The molecule has 43 heavy (non-hydrogen) atoms. The lowest BCUT2D eigenvalue weighted by atomic mass is 10.0. The summed E-state index contributed by atoms with van der Waals surface area (Å²) >= 11 is 0. The van der Waals surface area contributed by atoms with E-state index in [9.17, 15) is 30.1 Å². The van der Waals surface area contributed by atoms with Gasteiger partial charge in [0.15, 0.2) is 11.5 Å². The zero-order valence-corrected chi connectivity index (χ0v) is 24.0. The first kappa shape index (κ1) is 31.9. The fourth-order valence-electron chi connectivity index (χ4n) is 3.70. The number of aliphatic carboxylic acids is 1. The van der Waals surface area contributed by atoms with Crippen LogP contribution in [0.25, 0.3) is 0 Å². The van der Waals surface area contributed by atoms with Gasteiger partial charge >= 0.3 is 29.4 Å². The molecule has 3 rings (SSSR count). The van der Waals surface area contributed by atoms with Crippen molar-refractivity contribution in [1.82, 2.24) is 14.9 Å². The first-order valence-corrected chi connectivity index (χ1v) is 12.7. The molecule has 3 aromatic rings. The lowest BCUT2D eigenvalue weighted by Gasteiger charge is -2.16. The van der Waals surface area contributed by atoms with Gasteiger partial charge in [0.25, 0.3) is 5.91 Å². The average Bonchev–Trinajstić information content (AvgIpc) is 2.97. The highest BCUT2D eigenvalue weighted by Crippen LogP contribution is 2.41. The third-order valence-electron chi connectivity index (χ3n) is 5.96. The molecule has 15 heteroatoms. The van der Waals surface area contributed by atoms with Gasteiger partial charge in [-0.15, -0.1) is 0 Å². The van der Waals surface area contributed by atoms with E-state index >= 15 is 0 Å². The minimum Gasteiger partial charge on any atom is -0.497 e. The second kappa shape index (κ2) is 14.3. The van der Waals surface area contributed by atoms with Crippen molar-refractivity contribution in [3.63, 3.8) is 0 Å². The van der Waals surface area contributed by atoms with Gasteiger partial charge in [-0.1, -0.05) is 6.92 Å². The monoisotopic (exact) mass is 595 g/mol. The van der Waals surface area contributed by atoms with E-state index in [0.717, 1.165) is 0 Å². The number of ether oxygens (including phenoxy) is 5. The number of carbonyl (C=O) groups excluding carboxylic acids is 1. The molecule has 1 aromatic heterocycles. The Labute approximate surface area is 246 Å². The molecular weight excluding hydrogens is 566 g/mol. The maximum Gasteiger partial charge on any atom is 0.392 e. The van der Waals surface area contributed by atoms with Gasteiger partial charge in [-0.25, -0.2) is 0 Å². The fraction of sp³-hybridized carbons (Fsp3) is 0.321. The van der Waals surface area contributed by atoms with Crippen LogP contribution in [-0.2, 0) is 4.79 Å². The highest BCUT2D eigenvalue weighted by Gasteiger charge is 2.31. The lowest BCUT2D eigenvalue weighted by molar-refractivity contribution is -0.387. The summed E-state index contributed by atoms with van der Waals surface area (Å²) in [5.41, 5.74) is -0.389. The van der Waals surface area contributed by atoms with Crippen LogP contribution in [-0.4, -0.2) is 71.7 Å². The van der Waals surface area contributed by atoms with Crippen molar-refractivity contribution in [3.8, 4) is 46.8 Å². The Kier molecular flexibility index (Phi) is 10.6. The van der Waals surface area contributed by atoms with Gasteiger partial charge in [-0.2, -0.15) is 15.2 Å². The number of hydrogen-bond donors (Lipinski definition) is 1. The van der Waals surface area contributed by atoms with E-state index in [0.29, 0.717) is 6.42 Å². The third-order valence-corrected chi connectivity index (χ3v) is 5.96. The van der Waals surface area contributed by atoms with Crippen LogP contribution in [0.3, 0.4) is 0 Å². The van der Waals surface area contributed by atoms with Crippen LogP contribution in [0.2, 0.25) is 0 Å². The summed E-state index contributed by atoms with van der Waals surface area (Å²) in [6.07, 6.45) is 0.162. The summed E-state index contributed by atoms with van der Waals surface area (Å²) in [5, 5.41) is 30.8. The Balaban J connectivity index is 2.17. The molecule has 1 unspecified atom stereocenters. The van der Waals surface area contributed by atoms with Crippen molar-refractivity contribution in [2.45, 2.75) is 19.8 Å². The number of nitro groups is 1. The number of rotatable bonds is 14. The SMILES string of the molecule is CCC(COc1nc(Oc2cc(C#N)ccc2OC)nc(Oc2cc(OC)cc(C(=O)N(C)C)c2)c1[N+](=O)[O-])CC(=O)O. The van der Waals surface area contributed by atoms with E-state index in [1.807, 2.05) is 6.07 Å². The molecule has 1 N–H and O–H groups in total. The second-order valence-corrected chi connectivity index (χ2v) is 9.18. The number of carbonyl (C=O) groups is 2. The number of carboxylic acid groups (broad SMARTS) is 1. The number of nitriles is 1. The number of nitrogens with zero attached hydrogens (tertiary/aromatic N) is 5. The molecular formula is C28H29N5O10. The largest absolute Gasteiger partial charge is 0.497 e. The van der Waals surface area contributed by atoms with Crippen LogP contribution >= 0.6 is 0 Å². The molecule has 1 heterocycles. The predicted octanol–water partition coefficient (Wildman–Crippen LogP) is 4.44. The van der Waals surface area contributed by atoms with Crippen LogP contribution in [0.4, 0.5) is 5.69 Å². The van der Waals surface area contributed by atoms with Gasteiger partial charge < -0.3 is 33.7 Å². The molecule has 0 saturated carbocycles. The molecule has 15 nitrogen and oxygen atoms in total. The molecule has 0 spiro atoms. The number of methoxy groups -OCH3 is 2. The highest BCUT2D eigenvalue weighted by molar-refractivity contribution is 5.94. The molecule has 0 aliphatic heterocycles. The fourth-order valence-corrected chi connectivity index (χ4v) is 3.70. The van der Waals surface area contributed by atoms with Crippen molar-refractivity contribution in [2.75, 3.05) is 34.9 Å². The Bertz CT molecular complexity index is 1550. The first-order valence-electron chi connectivity index (χ1n) is 12.7. The second-order valence-electron chi connectivity index (χ2n) is 9.18. The van der Waals surface area contributed by atoms with Gasteiger partial charge in [0, 0.05) is 37.7 Å². The molecule has 0 bridgehead atoms. The molecule has 2 aromatic carbocycles. The Morgan fingerprint density at radius 1 is 1.05 bits per heavy atom. The quantitative estimate of drug-likeness (QED) is 0.203. The number of benzene rings is 2. The highest BCUT2D eigenvalue weighted by atomic mass is 16.6. The standard InChI is InChI=1S/C28H29N5O10/c1-6-16(10-23(34)35)15-41-25-24(33(37)38)26(42-20-12-18(27(36)32(2)3)11-19(13-20)39-4)31-28(30-25)43-22-9-17(14-29)7-8-21(22)40-5/h7-9,11-13,16H,6,10,15H2,1-5H3,(H,34,35). The van der Waals surface area contributed by atoms with Crippen molar-refractivity contribution in [2.24, 2.45) is 5.92 Å². The molecule has 0 aliphatic carbocycles. The van der Waals surface area contributed by atoms with Crippen molar-refractivity contribution in [3.05, 3.63) is 57.6 Å². The minimum atomic E-state index is -1.06. The van der Waals surface area contributed by atoms with Crippen molar-refractivity contribution >= 4 is 17.6 Å². The van der Waals surface area contributed by atoms with Gasteiger partial charge in [0.05, 0.1) is 43.8 Å². The topological polar surface area (TPSA) is 196 Å². The minimum absolute atomic E-state index is 0.0184. The van der Waals surface area contributed by atoms with Gasteiger partial charge in [-0.05, 0) is 30.7 Å². The third kappa shape index (κ3) is 8.19. The van der Waals surface area contributed by atoms with E-state index in [-0.39, 0.29) is 53.1 Å². The maximum atomic E-state index is 12.6. The van der Waals surface area contributed by atoms with Gasteiger partial charge in [-0.3, -0.25) is 19.7 Å².